The molecule has 8 heteroatoms. The van der Waals surface area contributed by atoms with E-state index in [2.05, 4.69) is 10.3 Å². The highest BCUT2D eigenvalue weighted by Gasteiger charge is 2.18. The van der Waals surface area contributed by atoms with E-state index in [9.17, 15) is 4.79 Å². The molecule has 0 saturated carbocycles. The standard InChI is InChI=1S/C13H15ClN4O3/c1-2-20-13(19)11-12(15)18(17-16-11)7-8-21-10-5-3-9(14)4-6-10/h3-6H,2,7-8,15H2,1H3. The Bertz CT molecular complexity index is 612. The van der Waals surface area contributed by atoms with Crippen LogP contribution < -0.4 is 10.5 Å². The Kier molecular flexibility index (Phi) is 4.99. The van der Waals surface area contributed by atoms with Crippen LogP contribution >= 0.6 is 11.6 Å². The van der Waals surface area contributed by atoms with E-state index >= 15 is 0 Å². The van der Waals surface area contributed by atoms with Crippen molar-refractivity contribution in [2.75, 3.05) is 18.9 Å². The molecule has 21 heavy (non-hydrogen) atoms. The summed E-state index contributed by atoms with van der Waals surface area (Å²) in [5.74, 6) is 0.261. The lowest BCUT2D eigenvalue weighted by atomic mass is 10.3. The van der Waals surface area contributed by atoms with E-state index in [0.29, 0.717) is 23.9 Å². The van der Waals surface area contributed by atoms with E-state index in [1.54, 1.807) is 31.2 Å². The molecule has 0 spiro atoms. The third kappa shape index (κ3) is 3.85. The number of carbonyl (C=O) groups excluding carboxylic acids is 1. The summed E-state index contributed by atoms with van der Waals surface area (Å²) in [4.78, 5) is 11.5. The van der Waals surface area contributed by atoms with Gasteiger partial charge in [-0.25, -0.2) is 9.48 Å². The van der Waals surface area contributed by atoms with Crippen LogP contribution in [-0.2, 0) is 11.3 Å². The molecule has 0 radical (unpaired) electrons. The lowest BCUT2D eigenvalue weighted by molar-refractivity contribution is 0.0520. The first kappa shape index (κ1) is 15.1. The van der Waals surface area contributed by atoms with Crippen LogP contribution in [0.4, 0.5) is 5.82 Å². The summed E-state index contributed by atoms with van der Waals surface area (Å²) < 4.78 is 11.7. The first-order chi connectivity index (χ1) is 10.1. The van der Waals surface area contributed by atoms with Crippen molar-refractivity contribution < 1.29 is 14.3 Å². The molecular weight excluding hydrogens is 296 g/mol. The van der Waals surface area contributed by atoms with Crippen molar-refractivity contribution in [2.45, 2.75) is 13.5 Å². The fourth-order valence-electron chi connectivity index (χ4n) is 1.61. The molecule has 1 aromatic carbocycles. The summed E-state index contributed by atoms with van der Waals surface area (Å²) in [5.41, 5.74) is 5.81. The van der Waals surface area contributed by atoms with Gasteiger partial charge in [0.2, 0.25) is 5.69 Å². The molecule has 2 N–H and O–H groups in total. The Balaban J connectivity index is 1.92. The maximum atomic E-state index is 11.5. The SMILES string of the molecule is CCOC(=O)c1nnn(CCOc2ccc(Cl)cc2)c1N. The van der Waals surface area contributed by atoms with Gasteiger partial charge < -0.3 is 15.2 Å². The maximum absolute atomic E-state index is 11.5. The summed E-state index contributed by atoms with van der Waals surface area (Å²) in [6, 6.07) is 6.99. The van der Waals surface area contributed by atoms with E-state index in [4.69, 9.17) is 26.8 Å². The van der Waals surface area contributed by atoms with Crippen LogP contribution in [0.2, 0.25) is 5.02 Å². The van der Waals surface area contributed by atoms with E-state index in [-0.39, 0.29) is 18.1 Å². The number of esters is 1. The second kappa shape index (κ2) is 6.94. The highest BCUT2D eigenvalue weighted by molar-refractivity contribution is 6.30. The Morgan fingerprint density at radius 3 is 2.76 bits per heavy atom. The Morgan fingerprint density at radius 2 is 2.10 bits per heavy atom. The highest BCUT2D eigenvalue weighted by atomic mass is 35.5. The summed E-state index contributed by atoms with van der Waals surface area (Å²) in [6.45, 7) is 2.65. The first-order valence-corrected chi connectivity index (χ1v) is 6.74. The number of rotatable bonds is 6. The molecule has 0 atom stereocenters. The predicted octanol–water partition coefficient (Wildman–Crippen LogP) is 1.77. The number of ether oxygens (including phenoxy) is 2. The van der Waals surface area contributed by atoms with Gasteiger partial charge in [-0.1, -0.05) is 16.8 Å². The fraction of sp³-hybridized carbons (Fsp3) is 0.308. The summed E-state index contributed by atoms with van der Waals surface area (Å²) >= 11 is 5.78. The monoisotopic (exact) mass is 310 g/mol. The largest absolute Gasteiger partial charge is 0.492 e. The van der Waals surface area contributed by atoms with Gasteiger partial charge in [0.05, 0.1) is 13.2 Å². The second-order valence-electron chi connectivity index (χ2n) is 4.07. The average Bonchev–Trinajstić information content (AvgIpc) is 2.83. The normalized spacial score (nSPS) is 10.4. The zero-order valence-corrected chi connectivity index (χ0v) is 12.2. The van der Waals surface area contributed by atoms with E-state index in [1.807, 2.05) is 0 Å². The number of benzene rings is 1. The molecule has 0 amide bonds. The van der Waals surface area contributed by atoms with Crippen molar-refractivity contribution >= 4 is 23.4 Å². The van der Waals surface area contributed by atoms with Gasteiger partial charge in [-0.15, -0.1) is 5.10 Å². The second-order valence-corrected chi connectivity index (χ2v) is 4.51. The lowest BCUT2D eigenvalue weighted by Crippen LogP contribution is -2.13. The molecule has 0 fully saturated rings. The Morgan fingerprint density at radius 1 is 1.38 bits per heavy atom. The van der Waals surface area contributed by atoms with Crippen molar-refractivity contribution in [2.24, 2.45) is 0 Å². The minimum absolute atomic E-state index is 0.0170. The number of nitrogens with zero attached hydrogens (tertiary/aromatic N) is 3. The zero-order chi connectivity index (χ0) is 15.2. The molecule has 0 aliphatic carbocycles. The van der Waals surface area contributed by atoms with Gasteiger partial charge in [0, 0.05) is 5.02 Å². The first-order valence-electron chi connectivity index (χ1n) is 6.36. The Labute approximate surface area is 126 Å². The molecule has 0 saturated heterocycles. The molecule has 0 aliphatic rings. The maximum Gasteiger partial charge on any atom is 0.362 e. The van der Waals surface area contributed by atoms with E-state index in [1.165, 1.54) is 4.68 Å². The van der Waals surface area contributed by atoms with Crippen molar-refractivity contribution in [3.05, 3.63) is 35.0 Å². The molecule has 1 heterocycles. The number of hydrogen-bond acceptors (Lipinski definition) is 6. The number of halogens is 1. The van der Waals surface area contributed by atoms with Crippen LogP contribution in [0.3, 0.4) is 0 Å². The minimum Gasteiger partial charge on any atom is -0.492 e. The lowest BCUT2D eigenvalue weighted by Gasteiger charge is -2.07. The van der Waals surface area contributed by atoms with Gasteiger partial charge >= 0.3 is 5.97 Å². The topological polar surface area (TPSA) is 92.3 Å². The Hall–Kier alpha value is -2.28. The van der Waals surface area contributed by atoms with Gasteiger partial charge in [0.25, 0.3) is 0 Å². The molecular formula is C13H15ClN4O3. The van der Waals surface area contributed by atoms with Crippen LogP contribution in [0.5, 0.6) is 5.75 Å². The molecule has 0 aliphatic heterocycles. The molecule has 2 rings (SSSR count). The number of aromatic nitrogens is 3. The third-order valence-corrected chi connectivity index (χ3v) is 2.88. The van der Waals surface area contributed by atoms with E-state index in [0.717, 1.165) is 0 Å². The van der Waals surface area contributed by atoms with Crippen molar-refractivity contribution in [3.63, 3.8) is 0 Å². The molecule has 0 unspecified atom stereocenters. The van der Waals surface area contributed by atoms with Gasteiger partial charge in [-0.2, -0.15) is 0 Å². The molecule has 0 bridgehead atoms. The van der Waals surface area contributed by atoms with Crippen LogP contribution in [-0.4, -0.2) is 34.2 Å². The van der Waals surface area contributed by atoms with Crippen LogP contribution in [0.15, 0.2) is 24.3 Å². The zero-order valence-electron chi connectivity index (χ0n) is 11.5. The van der Waals surface area contributed by atoms with Crippen LogP contribution in [0.1, 0.15) is 17.4 Å². The molecule has 1 aromatic heterocycles. The van der Waals surface area contributed by atoms with E-state index < -0.39 is 5.97 Å². The molecule has 112 valence electrons. The summed E-state index contributed by atoms with van der Waals surface area (Å²) in [5, 5.41) is 8.16. The fourth-order valence-corrected chi connectivity index (χ4v) is 1.74. The molecule has 2 aromatic rings. The van der Waals surface area contributed by atoms with Crippen LogP contribution in [0, 0.1) is 0 Å². The van der Waals surface area contributed by atoms with Gasteiger partial charge in [-0.3, -0.25) is 0 Å². The number of anilines is 1. The quantitative estimate of drug-likeness (QED) is 0.817. The number of hydrogen-bond donors (Lipinski definition) is 1. The highest BCUT2D eigenvalue weighted by Crippen LogP contribution is 2.15. The summed E-state index contributed by atoms with van der Waals surface area (Å²) in [6.07, 6.45) is 0. The van der Waals surface area contributed by atoms with Gasteiger partial charge in [0.15, 0.2) is 5.82 Å². The number of carbonyl (C=O) groups is 1. The number of nitrogen functional groups attached to an aromatic ring is 1. The predicted molar refractivity (Wildman–Crippen MR) is 77.3 cm³/mol. The van der Waals surface area contributed by atoms with Crippen molar-refractivity contribution in [1.29, 1.82) is 0 Å². The van der Waals surface area contributed by atoms with Crippen molar-refractivity contribution in [1.82, 2.24) is 15.0 Å². The van der Waals surface area contributed by atoms with Crippen molar-refractivity contribution in [3.8, 4) is 5.75 Å². The van der Waals surface area contributed by atoms with Gasteiger partial charge in [-0.05, 0) is 31.2 Å². The average molecular weight is 311 g/mol. The summed E-state index contributed by atoms with van der Waals surface area (Å²) in [7, 11) is 0. The smallest absolute Gasteiger partial charge is 0.362 e. The van der Waals surface area contributed by atoms with Crippen LogP contribution in [0.25, 0.3) is 0 Å². The minimum atomic E-state index is -0.583. The van der Waals surface area contributed by atoms with Gasteiger partial charge in [0.1, 0.15) is 12.4 Å². The molecule has 7 nitrogen and oxygen atoms in total. The third-order valence-electron chi connectivity index (χ3n) is 2.63. The number of nitrogens with two attached hydrogens (primary N) is 1.